The molecule has 1 N–H and O–H groups in total. The molecule has 1 aliphatic rings. The van der Waals surface area contributed by atoms with Gasteiger partial charge in [0.15, 0.2) is 0 Å². The number of nitrogens with zero attached hydrogens (tertiary/aromatic N) is 1. The lowest BCUT2D eigenvalue weighted by Crippen LogP contribution is -2.29. The molecule has 0 saturated carbocycles. The van der Waals surface area contributed by atoms with Crippen LogP contribution in [0.25, 0.3) is 0 Å². The lowest BCUT2D eigenvalue weighted by atomic mass is 10.0. The van der Waals surface area contributed by atoms with Gasteiger partial charge in [0.2, 0.25) is 0 Å². The number of nitrogens with one attached hydrogen (secondary N) is 1. The number of benzene rings is 2. The Morgan fingerprint density at radius 1 is 0.917 bits per heavy atom. The van der Waals surface area contributed by atoms with Gasteiger partial charge in [-0.05, 0) is 67.1 Å². The van der Waals surface area contributed by atoms with Gasteiger partial charge in [0.05, 0.1) is 0 Å². The van der Waals surface area contributed by atoms with Gasteiger partial charge in [0.1, 0.15) is 0 Å². The number of rotatable bonds is 4. The van der Waals surface area contributed by atoms with Gasteiger partial charge in [0.25, 0.3) is 5.91 Å². The van der Waals surface area contributed by atoms with Crippen molar-refractivity contribution in [3.63, 3.8) is 0 Å². The molecular weight excluding hydrogens is 296 g/mol. The maximum absolute atomic E-state index is 12.4. The average Bonchev–Trinajstić information content (AvgIpc) is 2.63. The van der Waals surface area contributed by atoms with Gasteiger partial charge < -0.3 is 10.2 Å². The molecule has 0 aliphatic carbocycles. The Labute approximate surface area is 144 Å². The number of carbonyl (C=O) groups is 1. The van der Waals surface area contributed by atoms with Crippen molar-refractivity contribution in [2.75, 3.05) is 23.3 Å². The van der Waals surface area contributed by atoms with Gasteiger partial charge >= 0.3 is 0 Å². The van der Waals surface area contributed by atoms with Crippen LogP contribution in [0, 0.1) is 0 Å². The maximum Gasteiger partial charge on any atom is 0.255 e. The van der Waals surface area contributed by atoms with Crippen LogP contribution in [0.4, 0.5) is 11.4 Å². The molecule has 0 bridgehead atoms. The van der Waals surface area contributed by atoms with E-state index in [9.17, 15) is 4.79 Å². The Hall–Kier alpha value is -2.29. The number of amides is 1. The zero-order valence-electron chi connectivity index (χ0n) is 14.6. The van der Waals surface area contributed by atoms with Crippen molar-refractivity contribution in [3.8, 4) is 0 Å². The number of carbonyl (C=O) groups excluding carboxylic acids is 1. The van der Waals surface area contributed by atoms with Crippen LogP contribution in [0.2, 0.25) is 0 Å². The number of hydrogen-bond acceptors (Lipinski definition) is 2. The first-order valence-electron chi connectivity index (χ1n) is 8.90. The van der Waals surface area contributed by atoms with Crippen LogP contribution in [0.1, 0.15) is 54.9 Å². The van der Waals surface area contributed by atoms with Gasteiger partial charge in [-0.25, -0.2) is 0 Å². The van der Waals surface area contributed by atoms with Crippen LogP contribution in [0.15, 0.2) is 48.5 Å². The highest BCUT2D eigenvalue weighted by Crippen LogP contribution is 2.21. The number of anilines is 2. The second-order valence-corrected chi connectivity index (χ2v) is 6.83. The lowest BCUT2D eigenvalue weighted by molar-refractivity contribution is 0.102. The molecule has 1 fully saturated rings. The van der Waals surface area contributed by atoms with E-state index >= 15 is 0 Å². The van der Waals surface area contributed by atoms with E-state index in [0.29, 0.717) is 11.5 Å². The van der Waals surface area contributed by atoms with Crippen LogP contribution in [-0.2, 0) is 0 Å². The van der Waals surface area contributed by atoms with E-state index < -0.39 is 0 Å². The monoisotopic (exact) mass is 322 g/mol. The third kappa shape index (κ3) is 3.97. The van der Waals surface area contributed by atoms with Gasteiger partial charge in [-0.15, -0.1) is 0 Å². The molecule has 3 nitrogen and oxygen atoms in total. The van der Waals surface area contributed by atoms with Crippen molar-refractivity contribution in [2.45, 2.75) is 39.0 Å². The molecule has 0 unspecified atom stereocenters. The Balaban J connectivity index is 1.64. The Morgan fingerprint density at radius 3 is 2.12 bits per heavy atom. The van der Waals surface area contributed by atoms with Gasteiger partial charge in [-0.1, -0.05) is 26.0 Å². The first kappa shape index (κ1) is 16.6. The first-order chi connectivity index (χ1) is 11.6. The van der Waals surface area contributed by atoms with Gasteiger partial charge in [-0.2, -0.15) is 0 Å². The minimum atomic E-state index is -0.0579. The third-order valence-corrected chi connectivity index (χ3v) is 4.69. The second-order valence-electron chi connectivity index (χ2n) is 6.83. The van der Waals surface area contributed by atoms with Crippen LogP contribution >= 0.6 is 0 Å². The molecule has 3 heteroatoms. The summed E-state index contributed by atoms with van der Waals surface area (Å²) >= 11 is 0. The van der Waals surface area contributed by atoms with Crippen molar-refractivity contribution < 1.29 is 4.79 Å². The van der Waals surface area contributed by atoms with Crippen LogP contribution in [0.3, 0.4) is 0 Å². The number of piperidine rings is 1. The summed E-state index contributed by atoms with van der Waals surface area (Å²) in [6, 6.07) is 16.0. The SMILES string of the molecule is CC(C)c1ccc(NC(=O)c2ccc(N3CCCCC3)cc2)cc1. The van der Waals surface area contributed by atoms with Crippen molar-refractivity contribution in [1.82, 2.24) is 0 Å². The topological polar surface area (TPSA) is 32.3 Å². The summed E-state index contributed by atoms with van der Waals surface area (Å²) in [6.07, 6.45) is 3.84. The van der Waals surface area contributed by atoms with Crippen LogP contribution < -0.4 is 10.2 Å². The van der Waals surface area contributed by atoms with E-state index in [4.69, 9.17) is 0 Å². The normalized spacial score (nSPS) is 14.7. The molecule has 1 heterocycles. The van der Waals surface area contributed by atoms with Crippen molar-refractivity contribution in [2.24, 2.45) is 0 Å². The van der Waals surface area contributed by atoms with Gasteiger partial charge in [0, 0.05) is 30.0 Å². The van der Waals surface area contributed by atoms with Crippen molar-refractivity contribution in [1.29, 1.82) is 0 Å². The summed E-state index contributed by atoms with van der Waals surface area (Å²) in [5.41, 5.74) is 4.03. The standard InChI is InChI=1S/C21H26N2O/c1-16(2)17-6-10-19(11-7-17)22-21(24)18-8-12-20(13-9-18)23-14-4-3-5-15-23/h6-13,16H,3-5,14-15H2,1-2H3,(H,22,24). The minimum Gasteiger partial charge on any atom is -0.372 e. The van der Waals surface area contributed by atoms with E-state index in [1.807, 2.05) is 24.3 Å². The summed E-state index contributed by atoms with van der Waals surface area (Å²) in [4.78, 5) is 14.8. The zero-order valence-corrected chi connectivity index (χ0v) is 14.6. The van der Waals surface area contributed by atoms with Gasteiger partial charge in [-0.3, -0.25) is 4.79 Å². The van der Waals surface area contributed by atoms with Crippen molar-refractivity contribution >= 4 is 17.3 Å². The van der Waals surface area contributed by atoms with E-state index in [-0.39, 0.29) is 5.91 Å². The largest absolute Gasteiger partial charge is 0.372 e. The fourth-order valence-corrected chi connectivity index (χ4v) is 3.13. The van der Waals surface area contributed by atoms with E-state index in [1.54, 1.807) is 0 Å². The minimum absolute atomic E-state index is 0.0579. The number of hydrogen-bond donors (Lipinski definition) is 1. The van der Waals surface area contributed by atoms with Crippen molar-refractivity contribution in [3.05, 3.63) is 59.7 Å². The summed E-state index contributed by atoms with van der Waals surface area (Å²) < 4.78 is 0. The molecule has 1 aliphatic heterocycles. The predicted molar refractivity (Wildman–Crippen MR) is 101 cm³/mol. The molecule has 0 radical (unpaired) electrons. The lowest BCUT2D eigenvalue weighted by Gasteiger charge is -2.28. The summed E-state index contributed by atoms with van der Waals surface area (Å²) in [5, 5.41) is 2.97. The highest BCUT2D eigenvalue weighted by Gasteiger charge is 2.12. The predicted octanol–water partition coefficient (Wildman–Crippen LogP) is 5.05. The van der Waals surface area contributed by atoms with E-state index in [2.05, 4.69) is 48.3 Å². The zero-order chi connectivity index (χ0) is 16.9. The molecule has 3 rings (SSSR count). The summed E-state index contributed by atoms with van der Waals surface area (Å²) in [5.74, 6) is 0.439. The third-order valence-electron chi connectivity index (χ3n) is 4.69. The highest BCUT2D eigenvalue weighted by atomic mass is 16.1. The van der Waals surface area contributed by atoms with E-state index in [1.165, 1.54) is 30.5 Å². The molecule has 1 amide bonds. The Morgan fingerprint density at radius 2 is 1.54 bits per heavy atom. The van der Waals surface area contributed by atoms with Crippen LogP contribution in [-0.4, -0.2) is 19.0 Å². The van der Waals surface area contributed by atoms with Crippen LogP contribution in [0.5, 0.6) is 0 Å². The molecule has 126 valence electrons. The molecular formula is C21H26N2O. The summed E-state index contributed by atoms with van der Waals surface area (Å²) in [7, 11) is 0. The smallest absolute Gasteiger partial charge is 0.255 e. The summed E-state index contributed by atoms with van der Waals surface area (Å²) in [6.45, 7) is 6.57. The molecule has 0 atom stereocenters. The molecule has 24 heavy (non-hydrogen) atoms. The molecule has 2 aromatic carbocycles. The fourth-order valence-electron chi connectivity index (χ4n) is 3.13. The Bertz CT molecular complexity index is 668. The second kappa shape index (κ2) is 7.52. The molecule has 1 saturated heterocycles. The highest BCUT2D eigenvalue weighted by molar-refractivity contribution is 6.04. The van der Waals surface area contributed by atoms with E-state index in [0.717, 1.165) is 18.8 Å². The maximum atomic E-state index is 12.4. The molecule has 2 aromatic rings. The molecule has 0 aromatic heterocycles. The first-order valence-corrected chi connectivity index (χ1v) is 8.90. The Kier molecular flexibility index (Phi) is 5.19. The quantitative estimate of drug-likeness (QED) is 0.854. The fraction of sp³-hybridized carbons (Fsp3) is 0.381. The average molecular weight is 322 g/mol. The molecule has 0 spiro atoms.